The van der Waals surface area contributed by atoms with Crippen LogP contribution < -0.4 is 11.3 Å². The highest BCUT2D eigenvalue weighted by Gasteiger charge is 2.25. The monoisotopic (exact) mass is 368 g/mol. The molecule has 1 unspecified atom stereocenters. The van der Waals surface area contributed by atoms with Crippen LogP contribution in [0.3, 0.4) is 0 Å². The number of rotatable bonds is 4. The summed E-state index contributed by atoms with van der Waals surface area (Å²) in [7, 11) is 0. The third kappa shape index (κ3) is 2.82. The smallest absolute Gasteiger partial charge is 0.0981 e. The van der Waals surface area contributed by atoms with Crippen LogP contribution >= 0.6 is 27.3 Å². The maximum Gasteiger partial charge on any atom is 0.0981 e. The lowest BCUT2D eigenvalue weighted by atomic mass is 9.98. The van der Waals surface area contributed by atoms with Crippen molar-refractivity contribution in [2.24, 2.45) is 5.84 Å². The average Bonchev–Trinajstić information content (AvgIpc) is 3.04. The van der Waals surface area contributed by atoms with Gasteiger partial charge in [-0.3, -0.25) is 10.5 Å². The van der Waals surface area contributed by atoms with Crippen molar-refractivity contribution in [3.63, 3.8) is 0 Å². The lowest BCUT2D eigenvalue weighted by Crippen LogP contribution is -2.30. The van der Waals surface area contributed by atoms with E-state index in [2.05, 4.69) is 46.4 Å². The summed E-state index contributed by atoms with van der Waals surface area (Å²) in [5.74, 6) is 5.89. The Hall–Kier alpha value is -0.690. The third-order valence-corrected chi connectivity index (χ3v) is 5.93. The fourth-order valence-corrected chi connectivity index (χ4v) is 4.81. The minimum Gasteiger partial charge on any atom is -0.270 e. The van der Waals surface area contributed by atoms with E-state index in [4.69, 9.17) is 5.84 Å². The quantitative estimate of drug-likeness (QED) is 0.638. The highest BCUT2D eigenvalue weighted by atomic mass is 79.9. The molecule has 3 rings (SSSR count). The van der Waals surface area contributed by atoms with Gasteiger partial charge in [-0.2, -0.15) is 5.10 Å². The van der Waals surface area contributed by atoms with Crippen molar-refractivity contribution in [2.45, 2.75) is 51.6 Å². The topological polar surface area (TPSA) is 55.9 Å². The molecule has 0 bridgehead atoms. The van der Waals surface area contributed by atoms with Gasteiger partial charge in [0, 0.05) is 15.8 Å². The number of nitrogens with one attached hydrogen (secondary N) is 1. The van der Waals surface area contributed by atoms with Crippen molar-refractivity contribution in [1.82, 2.24) is 15.2 Å². The first kappa shape index (κ1) is 15.2. The molecule has 1 atom stereocenters. The molecule has 0 aromatic carbocycles. The number of thiophene rings is 1. The van der Waals surface area contributed by atoms with Crippen LogP contribution in [0.15, 0.2) is 16.7 Å². The fourth-order valence-electron chi connectivity index (χ4n) is 2.98. The van der Waals surface area contributed by atoms with Crippen LogP contribution in [0, 0.1) is 0 Å². The molecule has 2 aromatic heterocycles. The van der Waals surface area contributed by atoms with Gasteiger partial charge in [-0.15, -0.1) is 11.3 Å². The van der Waals surface area contributed by atoms with Crippen molar-refractivity contribution in [1.29, 1.82) is 0 Å². The number of fused-ring (bicyclic) bond motifs is 1. The van der Waals surface area contributed by atoms with Gasteiger partial charge in [0.2, 0.25) is 0 Å². The van der Waals surface area contributed by atoms with Gasteiger partial charge in [0.1, 0.15) is 0 Å². The molecule has 0 radical (unpaired) electrons. The summed E-state index contributed by atoms with van der Waals surface area (Å²) in [6.07, 6.45) is 6.88. The van der Waals surface area contributed by atoms with E-state index in [1.54, 1.807) is 0 Å². The molecular formula is C15H21BrN4S. The summed E-state index contributed by atoms with van der Waals surface area (Å²) >= 11 is 5.51. The number of halogens is 1. The standard InChI is InChI=1S/C15H21BrN4S/c1-9(2)20-15(11(16)8-18-20)14(19-17)13-7-10-5-3-4-6-12(10)21-13/h7-9,14,19H,3-6,17H2,1-2H3. The third-order valence-electron chi connectivity index (χ3n) is 4.02. The van der Waals surface area contributed by atoms with Crippen LogP contribution in [0.1, 0.15) is 59.8 Å². The zero-order valence-corrected chi connectivity index (χ0v) is 14.8. The summed E-state index contributed by atoms with van der Waals surface area (Å²) in [6.45, 7) is 4.27. The van der Waals surface area contributed by atoms with E-state index in [0.717, 1.165) is 10.2 Å². The molecule has 6 heteroatoms. The normalized spacial score (nSPS) is 16.2. The van der Waals surface area contributed by atoms with E-state index in [1.165, 1.54) is 41.0 Å². The molecule has 21 heavy (non-hydrogen) atoms. The molecule has 2 aromatic rings. The summed E-state index contributed by atoms with van der Waals surface area (Å²) < 4.78 is 3.04. The lowest BCUT2D eigenvalue weighted by molar-refractivity contribution is 0.477. The van der Waals surface area contributed by atoms with Crippen LogP contribution in [0.5, 0.6) is 0 Å². The van der Waals surface area contributed by atoms with Crippen molar-refractivity contribution >= 4 is 27.3 Å². The molecule has 114 valence electrons. The zero-order chi connectivity index (χ0) is 15.0. The van der Waals surface area contributed by atoms with Gasteiger partial charge in [0.05, 0.1) is 22.4 Å². The van der Waals surface area contributed by atoms with Gasteiger partial charge in [0.25, 0.3) is 0 Å². The Kier molecular flexibility index (Phi) is 4.49. The second-order valence-corrected chi connectivity index (χ2v) is 7.84. The number of aromatic nitrogens is 2. The fraction of sp³-hybridized carbons (Fsp3) is 0.533. The first-order valence-corrected chi connectivity index (χ1v) is 9.03. The number of aryl methyl sites for hydroxylation is 2. The zero-order valence-electron chi connectivity index (χ0n) is 12.4. The molecule has 4 nitrogen and oxygen atoms in total. The summed E-state index contributed by atoms with van der Waals surface area (Å²) in [4.78, 5) is 2.82. The Balaban J connectivity index is 2.02. The number of hydrogen-bond acceptors (Lipinski definition) is 4. The summed E-state index contributed by atoms with van der Waals surface area (Å²) in [5, 5.41) is 4.47. The molecule has 0 aliphatic heterocycles. The van der Waals surface area contributed by atoms with Gasteiger partial charge in [-0.1, -0.05) is 0 Å². The molecule has 0 amide bonds. The van der Waals surface area contributed by atoms with E-state index in [-0.39, 0.29) is 6.04 Å². The largest absolute Gasteiger partial charge is 0.270 e. The molecule has 0 spiro atoms. The highest BCUT2D eigenvalue weighted by molar-refractivity contribution is 9.10. The molecular weight excluding hydrogens is 348 g/mol. The van der Waals surface area contributed by atoms with Crippen LogP contribution in [0.4, 0.5) is 0 Å². The van der Waals surface area contributed by atoms with Crippen LogP contribution in [-0.2, 0) is 12.8 Å². The van der Waals surface area contributed by atoms with Crippen molar-refractivity contribution < 1.29 is 0 Å². The van der Waals surface area contributed by atoms with Crippen molar-refractivity contribution in [3.8, 4) is 0 Å². The molecule has 3 N–H and O–H groups in total. The molecule has 1 aliphatic carbocycles. The van der Waals surface area contributed by atoms with Crippen LogP contribution in [0.25, 0.3) is 0 Å². The number of nitrogens with two attached hydrogens (primary N) is 1. The Morgan fingerprint density at radius 1 is 1.38 bits per heavy atom. The Bertz CT molecular complexity index is 608. The first-order chi connectivity index (χ1) is 10.1. The van der Waals surface area contributed by atoms with E-state index >= 15 is 0 Å². The lowest BCUT2D eigenvalue weighted by Gasteiger charge is -2.19. The van der Waals surface area contributed by atoms with Crippen molar-refractivity contribution in [2.75, 3.05) is 0 Å². The maximum atomic E-state index is 5.89. The van der Waals surface area contributed by atoms with Gasteiger partial charge in [-0.05, 0) is 67.1 Å². The molecule has 1 aliphatic rings. The highest BCUT2D eigenvalue weighted by Crippen LogP contribution is 2.37. The SMILES string of the molecule is CC(C)n1ncc(Br)c1C(NN)c1cc2c(s1)CCCC2. The van der Waals surface area contributed by atoms with Gasteiger partial charge in [0.15, 0.2) is 0 Å². The number of nitrogens with zero attached hydrogens (tertiary/aromatic N) is 2. The summed E-state index contributed by atoms with van der Waals surface area (Å²) in [5.41, 5.74) is 5.60. The second kappa shape index (κ2) is 6.20. The minimum absolute atomic E-state index is 0.0140. The van der Waals surface area contributed by atoms with Crippen LogP contribution in [0.2, 0.25) is 0 Å². The van der Waals surface area contributed by atoms with Gasteiger partial charge >= 0.3 is 0 Å². The Morgan fingerprint density at radius 3 is 2.81 bits per heavy atom. The maximum absolute atomic E-state index is 5.89. The van der Waals surface area contributed by atoms with E-state index in [1.807, 2.05) is 22.2 Å². The average molecular weight is 369 g/mol. The molecule has 0 saturated heterocycles. The molecule has 0 fully saturated rings. The van der Waals surface area contributed by atoms with Crippen molar-refractivity contribution in [3.05, 3.63) is 37.7 Å². The Morgan fingerprint density at radius 2 is 2.14 bits per heavy atom. The van der Waals surface area contributed by atoms with Crippen LogP contribution in [-0.4, -0.2) is 9.78 Å². The van der Waals surface area contributed by atoms with E-state index < -0.39 is 0 Å². The molecule has 0 saturated carbocycles. The predicted octanol–water partition coefficient (Wildman–Crippen LogP) is 3.72. The van der Waals surface area contributed by atoms with E-state index in [9.17, 15) is 0 Å². The molecule has 2 heterocycles. The Labute approximate surface area is 137 Å². The first-order valence-electron chi connectivity index (χ1n) is 7.42. The van der Waals surface area contributed by atoms with Gasteiger partial charge < -0.3 is 0 Å². The number of hydrogen-bond donors (Lipinski definition) is 2. The summed E-state index contributed by atoms with van der Waals surface area (Å²) in [6, 6.07) is 2.62. The predicted molar refractivity (Wildman–Crippen MR) is 90.4 cm³/mol. The van der Waals surface area contributed by atoms with E-state index in [0.29, 0.717) is 6.04 Å². The minimum atomic E-state index is -0.0140. The second-order valence-electron chi connectivity index (χ2n) is 5.82. The van der Waals surface area contributed by atoms with Gasteiger partial charge in [-0.25, -0.2) is 5.43 Å². The number of hydrazine groups is 1.